The van der Waals surface area contributed by atoms with Gasteiger partial charge in [0.25, 0.3) is 5.91 Å². The molecule has 1 amide bonds. The molecule has 2 aromatic rings. The van der Waals surface area contributed by atoms with E-state index in [0.717, 1.165) is 4.31 Å². The molecule has 0 bridgehead atoms. The lowest BCUT2D eigenvalue weighted by atomic mass is 10.3. The molecule has 2 rings (SSSR count). The average molecular weight is 399 g/mol. The monoisotopic (exact) mass is 398 g/mol. The third kappa shape index (κ3) is 4.87. The molecule has 26 heavy (non-hydrogen) atoms. The molecule has 0 aliphatic heterocycles. The highest BCUT2D eigenvalue weighted by atomic mass is 35.5. The SMILES string of the molecule is COc1ccc(NC(=O)COc2ccc(Cl)cc2)cc1S(=O)(=O)N(C)C. The van der Waals surface area contributed by atoms with Crippen LogP contribution in [0.1, 0.15) is 0 Å². The number of nitrogens with one attached hydrogen (secondary N) is 1. The van der Waals surface area contributed by atoms with Crippen molar-refractivity contribution in [2.24, 2.45) is 0 Å². The summed E-state index contributed by atoms with van der Waals surface area (Å²) >= 11 is 5.78. The number of carbonyl (C=O) groups excluding carboxylic acids is 1. The van der Waals surface area contributed by atoms with E-state index in [1.165, 1.54) is 33.3 Å². The minimum atomic E-state index is -3.72. The Morgan fingerprint density at radius 1 is 1.15 bits per heavy atom. The number of benzene rings is 2. The molecule has 140 valence electrons. The normalized spacial score (nSPS) is 11.3. The van der Waals surface area contributed by atoms with Gasteiger partial charge >= 0.3 is 0 Å². The van der Waals surface area contributed by atoms with Crippen molar-refractivity contribution in [3.8, 4) is 11.5 Å². The van der Waals surface area contributed by atoms with E-state index in [1.807, 2.05) is 0 Å². The second-order valence-electron chi connectivity index (χ2n) is 5.44. The highest BCUT2D eigenvalue weighted by Crippen LogP contribution is 2.28. The minimum Gasteiger partial charge on any atom is -0.495 e. The summed E-state index contributed by atoms with van der Waals surface area (Å²) < 4.78 is 36.3. The van der Waals surface area contributed by atoms with Crippen molar-refractivity contribution in [1.29, 1.82) is 0 Å². The predicted molar refractivity (Wildman–Crippen MR) is 99.4 cm³/mol. The molecule has 0 aromatic heterocycles. The van der Waals surface area contributed by atoms with E-state index in [4.69, 9.17) is 21.1 Å². The lowest BCUT2D eigenvalue weighted by Crippen LogP contribution is -2.24. The van der Waals surface area contributed by atoms with Crippen molar-refractivity contribution in [2.75, 3.05) is 33.1 Å². The first-order valence-electron chi connectivity index (χ1n) is 7.53. The van der Waals surface area contributed by atoms with Crippen LogP contribution in [0, 0.1) is 0 Å². The number of carbonyl (C=O) groups is 1. The third-order valence-electron chi connectivity index (χ3n) is 3.39. The summed E-state index contributed by atoms with van der Waals surface area (Å²) in [5, 5.41) is 3.16. The van der Waals surface area contributed by atoms with Crippen LogP contribution in [-0.4, -0.2) is 46.4 Å². The van der Waals surface area contributed by atoms with Crippen LogP contribution >= 0.6 is 11.6 Å². The van der Waals surface area contributed by atoms with Crippen molar-refractivity contribution in [3.63, 3.8) is 0 Å². The van der Waals surface area contributed by atoms with Gasteiger partial charge in [-0.3, -0.25) is 4.79 Å². The third-order valence-corrected chi connectivity index (χ3v) is 5.48. The molecule has 0 spiro atoms. The van der Waals surface area contributed by atoms with Crippen LogP contribution in [0.2, 0.25) is 5.02 Å². The highest BCUT2D eigenvalue weighted by Gasteiger charge is 2.23. The number of nitrogens with zero attached hydrogens (tertiary/aromatic N) is 1. The van der Waals surface area contributed by atoms with Crippen molar-refractivity contribution < 1.29 is 22.7 Å². The molecule has 0 radical (unpaired) electrons. The summed E-state index contributed by atoms with van der Waals surface area (Å²) in [6, 6.07) is 11.0. The molecule has 0 atom stereocenters. The largest absolute Gasteiger partial charge is 0.495 e. The second-order valence-corrected chi connectivity index (χ2v) is 8.00. The summed E-state index contributed by atoms with van der Waals surface area (Å²) in [5.41, 5.74) is 0.316. The second kappa shape index (κ2) is 8.39. The molecular formula is C17H19ClN2O5S. The van der Waals surface area contributed by atoms with Gasteiger partial charge in [0.1, 0.15) is 16.4 Å². The number of halogens is 1. The Kier molecular flexibility index (Phi) is 6.47. The first kappa shape index (κ1) is 20.0. The van der Waals surface area contributed by atoms with Crippen LogP contribution in [0.5, 0.6) is 11.5 Å². The number of hydrogen-bond acceptors (Lipinski definition) is 5. The Labute approximate surface area is 157 Å². The van der Waals surface area contributed by atoms with Gasteiger partial charge in [-0.15, -0.1) is 0 Å². The number of anilines is 1. The van der Waals surface area contributed by atoms with Crippen molar-refractivity contribution in [3.05, 3.63) is 47.5 Å². The summed E-state index contributed by atoms with van der Waals surface area (Å²) in [4.78, 5) is 12.0. The first-order chi connectivity index (χ1) is 12.2. The van der Waals surface area contributed by atoms with Crippen molar-refractivity contribution in [1.82, 2.24) is 4.31 Å². The highest BCUT2D eigenvalue weighted by molar-refractivity contribution is 7.89. The number of rotatable bonds is 7. The van der Waals surface area contributed by atoms with Crippen LogP contribution < -0.4 is 14.8 Å². The summed E-state index contributed by atoms with van der Waals surface area (Å²) in [7, 11) is 0.486. The molecule has 7 nitrogen and oxygen atoms in total. The van der Waals surface area contributed by atoms with E-state index in [0.29, 0.717) is 16.5 Å². The number of sulfonamides is 1. The standard InChI is InChI=1S/C17H19ClN2O5S/c1-20(2)26(22,23)16-10-13(6-9-15(16)24-3)19-17(21)11-25-14-7-4-12(18)5-8-14/h4-10H,11H2,1-3H3,(H,19,21). The van der Waals surface area contributed by atoms with Gasteiger partial charge in [0.15, 0.2) is 6.61 Å². The van der Waals surface area contributed by atoms with E-state index in [9.17, 15) is 13.2 Å². The molecule has 0 saturated carbocycles. The zero-order valence-corrected chi connectivity index (χ0v) is 16.1. The number of methoxy groups -OCH3 is 1. The number of amides is 1. The van der Waals surface area contributed by atoms with Crippen LogP contribution in [0.15, 0.2) is 47.4 Å². The molecule has 0 aliphatic carbocycles. The summed E-state index contributed by atoms with van der Waals surface area (Å²) in [6.07, 6.45) is 0. The van der Waals surface area contributed by atoms with E-state index >= 15 is 0 Å². The summed E-state index contributed by atoms with van der Waals surface area (Å²) in [6.45, 7) is -0.233. The molecule has 0 unspecified atom stereocenters. The predicted octanol–water partition coefficient (Wildman–Crippen LogP) is 2.62. The molecule has 0 fully saturated rings. The molecular weight excluding hydrogens is 380 g/mol. The van der Waals surface area contributed by atoms with Gasteiger partial charge in [-0.05, 0) is 42.5 Å². The minimum absolute atomic E-state index is 0.0404. The Balaban J connectivity index is 2.11. The topological polar surface area (TPSA) is 84.9 Å². The Morgan fingerprint density at radius 3 is 2.38 bits per heavy atom. The van der Waals surface area contributed by atoms with E-state index in [1.54, 1.807) is 30.3 Å². The van der Waals surface area contributed by atoms with Gasteiger partial charge in [-0.25, -0.2) is 12.7 Å². The van der Waals surface area contributed by atoms with E-state index < -0.39 is 15.9 Å². The Bertz CT molecular complexity index is 883. The first-order valence-corrected chi connectivity index (χ1v) is 9.34. The zero-order valence-electron chi connectivity index (χ0n) is 14.5. The van der Waals surface area contributed by atoms with E-state index in [-0.39, 0.29) is 17.3 Å². The molecule has 0 heterocycles. The van der Waals surface area contributed by atoms with Gasteiger partial charge in [0.2, 0.25) is 10.0 Å². The Hall–Kier alpha value is -2.29. The molecule has 0 aliphatic rings. The fraction of sp³-hybridized carbons (Fsp3) is 0.235. The van der Waals surface area contributed by atoms with Crippen molar-refractivity contribution >= 4 is 33.2 Å². The van der Waals surface area contributed by atoms with Gasteiger partial charge in [-0.1, -0.05) is 11.6 Å². The fourth-order valence-corrected chi connectivity index (χ4v) is 3.23. The van der Waals surface area contributed by atoms with Crippen molar-refractivity contribution in [2.45, 2.75) is 4.90 Å². The lowest BCUT2D eigenvalue weighted by molar-refractivity contribution is -0.118. The lowest BCUT2D eigenvalue weighted by Gasteiger charge is -2.16. The average Bonchev–Trinajstić information content (AvgIpc) is 2.61. The zero-order chi connectivity index (χ0) is 19.3. The fourth-order valence-electron chi connectivity index (χ4n) is 2.03. The quantitative estimate of drug-likeness (QED) is 0.774. The molecule has 2 aromatic carbocycles. The number of ether oxygens (including phenoxy) is 2. The van der Waals surface area contributed by atoms with Gasteiger partial charge in [-0.2, -0.15) is 0 Å². The maximum Gasteiger partial charge on any atom is 0.262 e. The Morgan fingerprint density at radius 2 is 1.81 bits per heavy atom. The maximum absolute atomic E-state index is 12.4. The molecule has 9 heteroatoms. The summed E-state index contributed by atoms with van der Waals surface area (Å²) in [5.74, 6) is 0.252. The van der Waals surface area contributed by atoms with Gasteiger partial charge in [0, 0.05) is 24.8 Å². The smallest absolute Gasteiger partial charge is 0.262 e. The van der Waals surface area contributed by atoms with Crippen LogP contribution in [0.4, 0.5) is 5.69 Å². The molecule has 1 N–H and O–H groups in total. The van der Waals surface area contributed by atoms with Crippen LogP contribution in [0.25, 0.3) is 0 Å². The van der Waals surface area contributed by atoms with Gasteiger partial charge < -0.3 is 14.8 Å². The van der Waals surface area contributed by atoms with Crippen LogP contribution in [0.3, 0.4) is 0 Å². The number of hydrogen-bond donors (Lipinski definition) is 1. The maximum atomic E-state index is 12.4. The van der Waals surface area contributed by atoms with Crippen LogP contribution in [-0.2, 0) is 14.8 Å². The molecule has 0 saturated heterocycles. The van der Waals surface area contributed by atoms with Gasteiger partial charge in [0.05, 0.1) is 7.11 Å². The van der Waals surface area contributed by atoms with E-state index in [2.05, 4.69) is 5.32 Å².